The first-order valence-corrected chi connectivity index (χ1v) is 10.8. The molecule has 0 amide bonds. The van der Waals surface area contributed by atoms with Gasteiger partial charge >= 0.3 is 17.9 Å². The number of hydrogen-bond acceptors (Lipinski definition) is 7. The van der Waals surface area contributed by atoms with Crippen LogP contribution in [-0.2, 0) is 33.4 Å². The number of fused-ring (bicyclic) bond motifs is 3. The second-order valence-electron chi connectivity index (χ2n) is 8.91. The summed E-state index contributed by atoms with van der Waals surface area (Å²) >= 11 is 0. The van der Waals surface area contributed by atoms with Crippen molar-refractivity contribution in [1.82, 2.24) is 0 Å². The molecule has 1 heterocycles. The standard InChI is InChI=1S/C25H30O7/c1-8-12(3)22(27)30-17-11-15(6)18-16(26)10-14(5)19(18)21-20(17)25(7,24(29)31-21)32-23(28)13(4)9-2/h8-10,17,19-21H,11H2,1-7H3/b12-8+,13-9+/t17?,19-,20?,21?,25+/m1/s1. The fraction of sp³-hybridized carbons (Fsp3) is 0.520. The molecule has 7 heteroatoms. The molecule has 0 saturated carbocycles. The number of rotatable bonds is 4. The third-order valence-corrected chi connectivity index (χ3v) is 6.83. The van der Waals surface area contributed by atoms with Gasteiger partial charge in [0.15, 0.2) is 5.78 Å². The van der Waals surface area contributed by atoms with Gasteiger partial charge in [0.2, 0.25) is 5.60 Å². The summed E-state index contributed by atoms with van der Waals surface area (Å²) in [5, 5.41) is 0. The van der Waals surface area contributed by atoms with Crippen molar-refractivity contribution < 1.29 is 33.4 Å². The highest BCUT2D eigenvalue weighted by molar-refractivity contribution is 6.09. The van der Waals surface area contributed by atoms with Crippen LogP contribution in [0.2, 0.25) is 0 Å². The van der Waals surface area contributed by atoms with Gasteiger partial charge in [-0.15, -0.1) is 0 Å². The highest BCUT2D eigenvalue weighted by Crippen LogP contribution is 2.51. The van der Waals surface area contributed by atoms with Crippen LogP contribution in [0.15, 0.2) is 46.1 Å². The van der Waals surface area contributed by atoms with Gasteiger partial charge in [-0.25, -0.2) is 14.4 Å². The Bertz CT molecular complexity index is 1010. The minimum atomic E-state index is -1.68. The highest BCUT2D eigenvalue weighted by Gasteiger charge is 2.65. The van der Waals surface area contributed by atoms with E-state index in [2.05, 4.69) is 0 Å². The van der Waals surface area contributed by atoms with E-state index in [0.29, 0.717) is 16.7 Å². The van der Waals surface area contributed by atoms with Crippen molar-refractivity contribution in [2.75, 3.05) is 0 Å². The number of allylic oxidation sites excluding steroid dienone is 3. The van der Waals surface area contributed by atoms with Gasteiger partial charge in [0.25, 0.3) is 0 Å². The lowest BCUT2D eigenvalue weighted by molar-refractivity contribution is -0.175. The lowest BCUT2D eigenvalue weighted by Crippen LogP contribution is -2.50. The molecule has 0 aromatic carbocycles. The Balaban J connectivity index is 2.12. The fourth-order valence-corrected chi connectivity index (χ4v) is 4.76. The van der Waals surface area contributed by atoms with Gasteiger partial charge in [0, 0.05) is 29.1 Å². The maximum absolute atomic E-state index is 13.1. The first-order valence-electron chi connectivity index (χ1n) is 10.8. The van der Waals surface area contributed by atoms with E-state index in [1.807, 2.05) is 13.8 Å². The van der Waals surface area contributed by atoms with E-state index in [0.717, 1.165) is 11.1 Å². The molecule has 0 N–H and O–H groups in total. The second kappa shape index (κ2) is 8.52. The van der Waals surface area contributed by atoms with Crippen LogP contribution < -0.4 is 0 Å². The van der Waals surface area contributed by atoms with Gasteiger partial charge in [-0.3, -0.25) is 4.79 Å². The van der Waals surface area contributed by atoms with E-state index in [9.17, 15) is 19.2 Å². The SMILES string of the molecule is C/C=C(\C)C(=O)OC1CC(C)=C2C(=O)C=C(C)[C@H]2C2OC(=O)[C@@](C)(OC(=O)/C(C)=C/C)C12. The van der Waals surface area contributed by atoms with E-state index in [1.165, 1.54) is 6.92 Å². The Morgan fingerprint density at radius 2 is 1.69 bits per heavy atom. The molecule has 0 bridgehead atoms. The van der Waals surface area contributed by atoms with Crippen LogP contribution >= 0.6 is 0 Å². The predicted octanol–water partition coefficient (Wildman–Crippen LogP) is 3.54. The summed E-state index contributed by atoms with van der Waals surface area (Å²) in [6.07, 6.45) is 3.39. The van der Waals surface area contributed by atoms with Crippen molar-refractivity contribution in [3.63, 3.8) is 0 Å². The summed E-state index contributed by atoms with van der Waals surface area (Å²) in [6, 6.07) is 0. The summed E-state index contributed by atoms with van der Waals surface area (Å²) in [5.74, 6) is -3.27. The van der Waals surface area contributed by atoms with Gasteiger partial charge in [-0.1, -0.05) is 23.3 Å². The van der Waals surface area contributed by atoms with Gasteiger partial charge in [0.1, 0.15) is 12.2 Å². The minimum absolute atomic E-state index is 0.133. The Labute approximate surface area is 188 Å². The maximum atomic E-state index is 13.1. The summed E-state index contributed by atoms with van der Waals surface area (Å²) in [7, 11) is 0. The fourth-order valence-electron chi connectivity index (χ4n) is 4.76. The number of carbonyl (C=O) groups excluding carboxylic acids is 4. The van der Waals surface area contributed by atoms with Crippen molar-refractivity contribution in [2.45, 2.75) is 72.7 Å². The van der Waals surface area contributed by atoms with E-state index in [4.69, 9.17) is 14.2 Å². The van der Waals surface area contributed by atoms with Gasteiger partial charge < -0.3 is 14.2 Å². The van der Waals surface area contributed by atoms with Crippen molar-refractivity contribution >= 4 is 23.7 Å². The van der Waals surface area contributed by atoms with Crippen molar-refractivity contribution in [3.05, 3.63) is 46.1 Å². The number of ether oxygens (including phenoxy) is 3. The molecule has 3 rings (SSSR count). The van der Waals surface area contributed by atoms with Gasteiger partial charge in [-0.05, 0) is 54.5 Å². The molecule has 5 atom stereocenters. The molecule has 7 nitrogen and oxygen atoms in total. The summed E-state index contributed by atoms with van der Waals surface area (Å²) in [5.41, 5.74) is 1.18. The third-order valence-electron chi connectivity index (χ3n) is 6.83. The molecule has 172 valence electrons. The Morgan fingerprint density at radius 3 is 2.28 bits per heavy atom. The summed E-state index contributed by atoms with van der Waals surface area (Å²) in [4.78, 5) is 51.1. The Kier molecular flexibility index (Phi) is 6.31. The quantitative estimate of drug-likeness (QED) is 0.373. The molecule has 0 spiro atoms. The van der Waals surface area contributed by atoms with Crippen LogP contribution in [-0.4, -0.2) is 41.5 Å². The van der Waals surface area contributed by atoms with Crippen LogP contribution in [0, 0.1) is 11.8 Å². The van der Waals surface area contributed by atoms with Crippen LogP contribution in [0.25, 0.3) is 0 Å². The zero-order valence-corrected chi connectivity index (χ0v) is 19.6. The average molecular weight is 443 g/mol. The van der Waals surface area contributed by atoms with Crippen LogP contribution in [0.5, 0.6) is 0 Å². The Hall–Kier alpha value is -2.96. The molecule has 3 aliphatic rings. The second-order valence-corrected chi connectivity index (χ2v) is 8.91. The van der Waals surface area contributed by atoms with E-state index < -0.39 is 47.6 Å². The molecule has 0 radical (unpaired) electrons. The summed E-state index contributed by atoms with van der Waals surface area (Å²) in [6.45, 7) is 11.8. The van der Waals surface area contributed by atoms with Crippen molar-refractivity contribution in [1.29, 1.82) is 0 Å². The first kappa shape index (κ1) is 23.7. The number of esters is 3. The molecule has 1 aliphatic heterocycles. The molecule has 2 aliphatic carbocycles. The smallest absolute Gasteiger partial charge is 0.351 e. The zero-order valence-electron chi connectivity index (χ0n) is 19.6. The van der Waals surface area contributed by atoms with Crippen LogP contribution in [0.3, 0.4) is 0 Å². The predicted molar refractivity (Wildman–Crippen MR) is 116 cm³/mol. The zero-order chi connectivity index (χ0) is 24.0. The van der Waals surface area contributed by atoms with E-state index >= 15 is 0 Å². The minimum Gasteiger partial charge on any atom is -0.458 e. The molecule has 0 aromatic rings. The van der Waals surface area contributed by atoms with Crippen molar-refractivity contribution in [3.8, 4) is 0 Å². The largest absolute Gasteiger partial charge is 0.458 e. The van der Waals surface area contributed by atoms with E-state index in [-0.39, 0.29) is 12.2 Å². The van der Waals surface area contributed by atoms with Crippen molar-refractivity contribution in [2.24, 2.45) is 11.8 Å². The maximum Gasteiger partial charge on any atom is 0.351 e. The molecular weight excluding hydrogens is 412 g/mol. The third kappa shape index (κ3) is 3.74. The molecule has 32 heavy (non-hydrogen) atoms. The average Bonchev–Trinajstić information content (AvgIpc) is 3.12. The van der Waals surface area contributed by atoms with Crippen LogP contribution in [0.4, 0.5) is 0 Å². The molecule has 3 unspecified atom stereocenters. The first-order chi connectivity index (χ1) is 15.0. The highest BCUT2D eigenvalue weighted by atomic mass is 16.6. The Morgan fingerprint density at radius 1 is 1.09 bits per heavy atom. The molecule has 1 saturated heterocycles. The monoisotopic (exact) mass is 442 g/mol. The van der Waals surface area contributed by atoms with E-state index in [1.54, 1.807) is 45.9 Å². The number of carbonyl (C=O) groups is 4. The van der Waals surface area contributed by atoms with Gasteiger partial charge in [0.05, 0.1) is 5.92 Å². The number of hydrogen-bond donors (Lipinski definition) is 0. The normalized spacial score (nSPS) is 32.7. The lowest BCUT2D eigenvalue weighted by atomic mass is 9.77. The topological polar surface area (TPSA) is 96.0 Å². The summed E-state index contributed by atoms with van der Waals surface area (Å²) < 4.78 is 17.4. The molecular formula is C25H30O7. The number of ketones is 1. The molecule has 1 fully saturated rings. The molecule has 0 aromatic heterocycles. The lowest BCUT2D eigenvalue weighted by Gasteiger charge is -2.34. The van der Waals surface area contributed by atoms with Crippen LogP contribution in [0.1, 0.15) is 54.9 Å². The van der Waals surface area contributed by atoms with Gasteiger partial charge in [-0.2, -0.15) is 0 Å².